The molecule has 0 fully saturated rings. The number of rotatable bonds is 4. The zero-order valence-electron chi connectivity index (χ0n) is 9.02. The Morgan fingerprint density at radius 1 is 0.895 bits per heavy atom. The van der Waals surface area contributed by atoms with Crippen LogP contribution in [0.1, 0.15) is 0 Å². The quantitative estimate of drug-likeness (QED) is 0.112. The summed E-state index contributed by atoms with van der Waals surface area (Å²) in [6.07, 6.45) is 0. The summed E-state index contributed by atoms with van der Waals surface area (Å²) >= 11 is 0. The van der Waals surface area contributed by atoms with Gasteiger partial charge in [0, 0.05) is 0 Å². The van der Waals surface area contributed by atoms with Gasteiger partial charge in [-0.25, -0.2) is 8.42 Å². The standard InChI is InChI=1S/K.Na.H2O8S2.H2O5S2/c;;1-9(2,3)7-8-10(4,5)6;1-6(2)7(3,4)5/h;;(H,1,2,3)(H,4,5,6);(H,1,2)(H,3,4,5)/q2*+1;;/p-2. The molecule has 1 atom stereocenters. The summed E-state index contributed by atoms with van der Waals surface area (Å²) in [5.74, 6) is 0. The van der Waals surface area contributed by atoms with Crippen molar-refractivity contribution in [1.82, 2.24) is 0 Å². The molecule has 19 heavy (non-hydrogen) atoms. The van der Waals surface area contributed by atoms with Crippen LogP contribution in [0.15, 0.2) is 0 Å². The monoisotopic (exact) mass is 400 g/mol. The van der Waals surface area contributed by atoms with Gasteiger partial charge in [0.05, 0.1) is 10.1 Å². The average molecular weight is 400 g/mol. The molecule has 106 valence electrons. The van der Waals surface area contributed by atoms with Crippen LogP contribution in [0, 0.1) is 0 Å². The molecule has 0 aromatic rings. The topological polar surface area (TPSA) is 225 Å². The molecule has 0 heterocycles. The Kier molecular flexibility index (Phi) is 18.4. The third-order valence-electron chi connectivity index (χ3n) is 0.366. The van der Waals surface area contributed by atoms with E-state index in [0.717, 1.165) is 0 Å². The van der Waals surface area contributed by atoms with Crippen molar-refractivity contribution in [3.63, 3.8) is 0 Å². The molecule has 0 aromatic carbocycles. The van der Waals surface area contributed by atoms with E-state index >= 15 is 0 Å². The van der Waals surface area contributed by atoms with Gasteiger partial charge in [-0.05, 0) is 0 Å². The van der Waals surface area contributed by atoms with E-state index in [1.165, 1.54) is 0 Å². The van der Waals surface area contributed by atoms with Crippen molar-refractivity contribution in [3.8, 4) is 0 Å². The SMILES string of the molecule is O=S(=O)(O)OOS(=O)(=O)O.O=S([O-])S(=O)(=O)[O-].[K+].[Na+]. The minimum atomic E-state index is -5.07. The maximum atomic E-state index is 9.51. The van der Waals surface area contributed by atoms with E-state index in [0.29, 0.717) is 0 Å². The molecule has 1 unspecified atom stereocenters. The molecule has 0 aromatic heterocycles. The summed E-state index contributed by atoms with van der Waals surface area (Å²) in [7, 11) is -18.6. The van der Waals surface area contributed by atoms with E-state index in [2.05, 4.69) is 8.67 Å². The Labute approximate surface area is 174 Å². The molecule has 0 radical (unpaired) electrons. The second-order valence-electron chi connectivity index (χ2n) is 1.60. The molecule has 0 aliphatic carbocycles. The summed E-state index contributed by atoms with van der Waals surface area (Å²) in [4.78, 5) is 0. The third-order valence-corrected chi connectivity index (χ3v) is 2.27. The maximum Gasteiger partial charge on any atom is 1.00 e. The van der Waals surface area contributed by atoms with Gasteiger partial charge in [-0.3, -0.25) is 13.3 Å². The summed E-state index contributed by atoms with van der Waals surface area (Å²) < 4.78 is 105. The zero-order chi connectivity index (χ0) is 14.5. The van der Waals surface area contributed by atoms with Crippen LogP contribution in [-0.2, 0) is 48.7 Å². The van der Waals surface area contributed by atoms with Crippen LogP contribution in [0.2, 0.25) is 0 Å². The van der Waals surface area contributed by atoms with Gasteiger partial charge in [-0.2, -0.15) is 16.8 Å². The van der Waals surface area contributed by atoms with Crippen molar-refractivity contribution >= 4 is 40.1 Å². The maximum absolute atomic E-state index is 9.51. The second kappa shape index (κ2) is 11.9. The molecule has 0 saturated heterocycles. The van der Waals surface area contributed by atoms with E-state index in [1.807, 2.05) is 0 Å². The van der Waals surface area contributed by atoms with Gasteiger partial charge in [-0.1, -0.05) is 8.67 Å². The smallest absolute Gasteiger partial charge is 0.761 e. The molecule has 0 rings (SSSR count). The van der Waals surface area contributed by atoms with E-state index in [-0.39, 0.29) is 80.9 Å². The molecule has 0 amide bonds. The molecular formula is H2KNaO13S4. The van der Waals surface area contributed by atoms with Crippen LogP contribution in [0.4, 0.5) is 0 Å². The molecule has 0 aliphatic rings. The summed E-state index contributed by atoms with van der Waals surface area (Å²) in [6.45, 7) is 0. The van der Waals surface area contributed by atoms with E-state index in [9.17, 15) is 16.8 Å². The number of hydrogen-bond acceptors (Lipinski definition) is 11. The van der Waals surface area contributed by atoms with Crippen molar-refractivity contribution in [2.75, 3.05) is 0 Å². The summed E-state index contributed by atoms with van der Waals surface area (Å²) in [6, 6.07) is 0. The molecule has 13 nitrogen and oxygen atoms in total. The largest absolute Gasteiger partial charge is 1.00 e. The van der Waals surface area contributed by atoms with Crippen molar-refractivity contribution in [3.05, 3.63) is 0 Å². The van der Waals surface area contributed by atoms with Crippen LogP contribution in [0.5, 0.6) is 0 Å². The van der Waals surface area contributed by atoms with E-state index < -0.39 is 40.1 Å². The van der Waals surface area contributed by atoms with Gasteiger partial charge in [0.2, 0.25) is 0 Å². The zero-order valence-corrected chi connectivity index (χ0v) is 17.4. The molecule has 2 N–H and O–H groups in total. The predicted molar refractivity (Wildman–Crippen MR) is 43.9 cm³/mol. The Morgan fingerprint density at radius 3 is 1.11 bits per heavy atom. The molecular weight excluding hydrogens is 398 g/mol. The Morgan fingerprint density at radius 2 is 1.05 bits per heavy atom. The van der Waals surface area contributed by atoms with Gasteiger partial charge < -0.3 is 9.11 Å². The van der Waals surface area contributed by atoms with Crippen LogP contribution in [0.25, 0.3) is 0 Å². The predicted octanol–water partition coefficient (Wildman–Crippen LogP) is -9.13. The Bertz CT molecular complexity index is 518. The van der Waals surface area contributed by atoms with Crippen LogP contribution in [0.3, 0.4) is 0 Å². The first-order chi connectivity index (χ1) is 7.15. The Balaban J connectivity index is -0.000000112. The van der Waals surface area contributed by atoms with Gasteiger partial charge >= 0.3 is 102 Å². The van der Waals surface area contributed by atoms with E-state index in [4.69, 9.17) is 30.8 Å². The molecule has 0 saturated carbocycles. The van der Waals surface area contributed by atoms with Gasteiger partial charge in [0.1, 0.15) is 0 Å². The second-order valence-corrected chi connectivity index (χ2v) is 6.85. The fourth-order valence-electron chi connectivity index (χ4n) is 0.0702. The average Bonchev–Trinajstić information content (AvgIpc) is 1.97. The van der Waals surface area contributed by atoms with Gasteiger partial charge in [0.25, 0.3) is 0 Å². The van der Waals surface area contributed by atoms with Crippen molar-refractivity contribution in [2.24, 2.45) is 0 Å². The fourth-order valence-corrected chi connectivity index (χ4v) is 0.632. The molecule has 0 aliphatic heterocycles. The van der Waals surface area contributed by atoms with Crippen LogP contribution < -0.4 is 80.9 Å². The van der Waals surface area contributed by atoms with Gasteiger partial charge in [-0.15, -0.1) is 0 Å². The first kappa shape index (κ1) is 29.4. The molecule has 19 heteroatoms. The van der Waals surface area contributed by atoms with Crippen LogP contribution in [-0.4, -0.2) is 47.7 Å². The van der Waals surface area contributed by atoms with Crippen molar-refractivity contribution < 1.29 is 137 Å². The van der Waals surface area contributed by atoms with E-state index in [1.54, 1.807) is 0 Å². The minimum Gasteiger partial charge on any atom is -0.761 e. The summed E-state index contributed by atoms with van der Waals surface area (Å²) in [5, 5.41) is 0. The first-order valence-electron chi connectivity index (χ1n) is 2.53. The summed E-state index contributed by atoms with van der Waals surface area (Å²) in [5.41, 5.74) is 0. The minimum absolute atomic E-state index is 0. The van der Waals surface area contributed by atoms with Gasteiger partial charge in [0.15, 0.2) is 9.15 Å². The van der Waals surface area contributed by atoms with Crippen molar-refractivity contribution in [2.45, 2.75) is 0 Å². The Hall–Kier alpha value is 2.40. The molecule has 0 bridgehead atoms. The molecule has 0 spiro atoms. The first-order valence-corrected chi connectivity index (χ1v) is 8.26. The fraction of sp³-hybridized carbons (Fsp3) is 0. The van der Waals surface area contributed by atoms with Crippen molar-refractivity contribution in [1.29, 1.82) is 0 Å². The number of hydrogen-bond donors (Lipinski definition) is 2. The third kappa shape index (κ3) is 29.1. The normalized spacial score (nSPS) is 13.1. The van der Waals surface area contributed by atoms with Crippen LogP contribution >= 0.6 is 0 Å².